The smallest absolute Gasteiger partial charge is 0.0718 e. The lowest BCUT2D eigenvalue weighted by molar-refractivity contribution is 0.0616. The molecule has 0 aromatic heterocycles. The predicted molar refractivity (Wildman–Crippen MR) is 64.1 cm³/mol. The molecule has 0 aliphatic rings. The summed E-state index contributed by atoms with van der Waals surface area (Å²) >= 11 is 0. The molecule has 0 atom stereocenters. The van der Waals surface area contributed by atoms with Crippen molar-refractivity contribution in [1.82, 2.24) is 0 Å². The van der Waals surface area contributed by atoms with Crippen LogP contribution in [0.3, 0.4) is 0 Å². The lowest BCUT2D eigenvalue weighted by Crippen LogP contribution is -2.01. The highest BCUT2D eigenvalue weighted by atomic mass is 16.5. The number of rotatable bonds is 5. The van der Waals surface area contributed by atoms with Crippen molar-refractivity contribution >= 4 is 0 Å². The first-order valence-corrected chi connectivity index (χ1v) is 5.45. The van der Waals surface area contributed by atoms with Crippen molar-refractivity contribution in [1.29, 1.82) is 0 Å². The molecule has 0 saturated heterocycles. The Morgan fingerprint density at radius 1 is 1.00 bits per heavy atom. The van der Waals surface area contributed by atoms with Crippen LogP contribution >= 0.6 is 0 Å². The minimum atomic E-state index is 0.657. The third-order valence-electron chi connectivity index (χ3n) is 1.82. The Hall–Kier alpha value is -0.860. The molecule has 0 fully saturated rings. The second-order valence-corrected chi connectivity index (χ2v) is 3.03. The van der Waals surface area contributed by atoms with E-state index in [1.54, 1.807) is 7.11 Å². The molecule has 0 N–H and O–H groups in total. The van der Waals surface area contributed by atoms with Gasteiger partial charge in [-0.15, -0.1) is 0 Å². The van der Waals surface area contributed by atoms with Crippen LogP contribution in [0.5, 0.6) is 0 Å². The number of ether oxygens (including phenoxy) is 2. The lowest BCUT2D eigenvalue weighted by atomic mass is 10.2. The second kappa shape index (κ2) is 9.69. The number of hydrogen-bond acceptors (Lipinski definition) is 2. The zero-order chi connectivity index (χ0) is 11.5. The molecule has 15 heavy (non-hydrogen) atoms. The molecule has 1 aromatic rings. The first kappa shape index (κ1) is 14.1. The van der Waals surface area contributed by atoms with Gasteiger partial charge in [-0.05, 0) is 12.5 Å². The van der Waals surface area contributed by atoms with Gasteiger partial charge in [0.2, 0.25) is 0 Å². The van der Waals surface area contributed by atoms with Crippen molar-refractivity contribution in [2.45, 2.75) is 27.4 Å². The zero-order valence-electron chi connectivity index (χ0n) is 10.2. The van der Waals surface area contributed by atoms with Crippen LogP contribution in [-0.4, -0.2) is 20.3 Å². The van der Waals surface area contributed by atoms with Gasteiger partial charge in [-0.3, -0.25) is 0 Å². The maximum Gasteiger partial charge on any atom is 0.0718 e. The van der Waals surface area contributed by atoms with E-state index >= 15 is 0 Å². The molecule has 0 unspecified atom stereocenters. The van der Waals surface area contributed by atoms with E-state index in [1.165, 1.54) is 11.1 Å². The summed E-state index contributed by atoms with van der Waals surface area (Å²) in [5, 5.41) is 0. The quantitative estimate of drug-likeness (QED) is 0.695. The summed E-state index contributed by atoms with van der Waals surface area (Å²) in [5.74, 6) is 0. The average Bonchev–Trinajstić information content (AvgIpc) is 2.30. The summed E-state index contributed by atoms with van der Waals surface area (Å²) in [6.45, 7) is 8.06. The van der Waals surface area contributed by atoms with Crippen LogP contribution in [0.4, 0.5) is 0 Å². The minimum absolute atomic E-state index is 0.657. The van der Waals surface area contributed by atoms with Gasteiger partial charge in [0.15, 0.2) is 0 Å². The van der Waals surface area contributed by atoms with E-state index in [1.807, 2.05) is 13.8 Å². The van der Waals surface area contributed by atoms with Crippen molar-refractivity contribution in [3.05, 3.63) is 35.4 Å². The summed E-state index contributed by atoms with van der Waals surface area (Å²) in [6, 6.07) is 8.36. The van der Waals surface area contributed by atoms with Gasteiger partial charge in [-0.1, -0.05) is 43.7 Å². The van der Waals surface area contributed by atoms with Gasteiger partial charge < -0.3 is 9.47 Å². The van der Waals surface area contributed by atoms with Gasteiger partial charge in [0.05, 0.1) is 19.8 Å². The van der Waals surface area contributed by atoms with Crippen LogP contribution in [0.25, 0.3) is 0 Å². The molecular formula is C13H22O2. The third kappa shape index (κ3) is 7.11. The van der Waals surface area contributed by atoms with Crippen LogP contribution in [-0.2, 0) is 16.1 Å². The van der Waals surface area contributed by atoms with Crippen molar-refractivity contribution in [2.24, 2.45) is 0 Å². The third-order valence-corrected chi connectivity index (χ3v) is 1.82. The fraction of sp³-hybridized carbons (Fsp3) is 0.538. The summed E-state index contributed by atoms with van der Waals surface area (Å²) in [5.41, 5.74) is 2.49. The Kier molecular flexibility index (Phi) is 9.13. The highest BCUT2D eigenvalue weighted by Crippen LogP contribution is 2.03. The van der Waals surface area contributed by atoms with Gasteiger partial charge in [-0.2, -0.15) is 0 Å². The van der Waals surface area contributed by atoms with Gasteiger partial charge >= 0.3 is 0 Å². The van der Waals surface area contributed by atoms with Crippen LogP contribution < -0.4 is 0 Å². The monoisotopic (exact) mass is 210 g/mol. The van der Waals surface area contributed by atoms with E-state index in [0.717, 1.165) is 0 Å². The van der Waals surface area contributed by atoms with Crippen LogP contribution in [0, 0.1) is 6.92 Å². The van der Waals surface area contributed by atoms with E-state index in [4.69, 9.17) is 9.47 Å². The van der Waals surface area contributed by atoms with Crippen LogP contribution in [0.15, 0.2) is 24.3 Å². The standard InChI is InChI=1S/C11H16O2.C2H6/c1-10-3-5-11(6-4-10)9-13-8-7-12-2;1-2/h3-6H,7-9H2,1-2H3;1-2H3. The number of methoxy groups -OCH3 is 1. The van der Waals surface area contributed by atoms with Crippen molar-refractivity contribution in [2.75, 3.05) is 20.3 Å². The molecule has 0 heterocycles. The molecule has 86 valence electrons. The Balaban J connectivity index is 0.000000921. The predicted octanol–water partition coefficient (Wildman–Crippen LogP) is 3.18. The van der Waals surface area contributed by atoms with Gasteiger partial charge in [-0.25, -0.2) is 0 Å². The van der Waals surface area contributed by atoms with E-state index in [9.17, 15) is 0 Å². The Bertz CT molecular complexity index is 229. The summed E-state index contributed by atoms with van der Waals surface area (Å²) < 4.78 is 10.2. The first-order chi connectivity index (χ1) is 7.33. The highest BCUT2D eigenvalue weighted by molar-refractivity contribution is 5.20. The molecule has 1 aromatic carbocycles. The maximum absolute atomic E-state index is 5.37. The number of hydrogen-bond donors (Lipinski definition) is 0. The Morgan fingerprint density at radius 2 is 1.60 bits per heavy atom. The SMILES string of the molecule is CC.COCCOCc1ccc(C)cc1. The summed E-state index contributed by atoms with van der Waals surface area (Å²) in [7, 11) is 1.68. The minimum Gasteiger partial charge on any atom is -0.382 e. The fourth-order valence-electron chi connectivity index (χ4n) is 1.02. The molecule has 2 heteroatoms. The molecule has 0 aliphatic carbocycles. The van der Waals surface area contributed by atoms with Gasteiger partial charge in [0.1, 0.15) is 0 Å². The highest BCUT2D eigenvalue weighted by Gasteiger charge is 1.92. The van der Waals surface area contributed by atoms with Crippen LogP contribution in [0.1, 0.15) is 25.0 Å². The van der Waals surface area contributed by atoms with Gasteiger partial charge in [0, 0.05) is 7.11 Å². The topological polar surface area (TPSA) is 18.5 Å². The molecule has 0 spiro atoms. The largest absolute Gasteiger partial charge is 0.382 e. The fourth-order valence-corrected chi connectivity index (χ4v) is 1.02. The maximum atomic E-state index is 5.37. The summed E-state index contributed by atoms with van der Waals surface area (Å²) in [4.78, 5) is 0. The van der Waals surface area contributed by atoms with E-state index in [0.29, 0.717) is 19.8 Å². The molecule has 0 amide bonds. The Morgan fingerprint density at radius 3 is 2.13 bits per heavy atom. The van der Waals surface area contributed by atoms with E-state index in [2.05, 4.69) is 31.2 Å². The van der Waals surface area contributed by atoms with E-state index < -0.39 is 0 Å². The van der Waals surface area contributed by atoms with Crippen molar-refractivity contribution < 1.29 is 9.47 Å². The zero-order valence-corrected chi connectivity index (χ0v) is 10.2. The van der Waals surface area contributed by atoms with Crippen molar-refractivity contribution in [3.63, 3.8) is 0 Å². The molecular weight excluding hydrogens is 188 g/mol. The van der Waals surface area contributed by atoms with Crippen molar-refractivity contribution in [3.8, 4) is 0 Å². The lowest BCUT2D eigenvalue weighted by Gasteiger charge is -2.03. The number of aryl methyl sites for hydroxylation is 1. The molecule has 0 bridgehead atoms. The first-order valence-electron chi connectivity index (χ1n) is 5.45. The summed E-state index contributed by atoms with van der Waals surface area (Å²) in [6.07, 6.45) is 0. The second-order valence-electron chi connectivity index (χ2n) is 3.03. The molecule has 0 saturated carbocycles. The average molecular weight is 210 g/mol. The molecule has 1 rings (SSSR count). The van der Waals surface area contributed by atoms with Crippen LogP contribution in [0.2, 0.25) is 0 Å². The van der Waals surface area contributed by atoms with E-state index in [-0.39, 0.29) is 0 Å². The Labute approximate surface area is 93.2 Å². The molecule has 0 aliphatic heterocycles. The van der Waals surface area contributed by atoms with Gasteiger partial charge in [0.25, 0.3) is 0 Å². The molecule has 2 nitrogen and oxygen atoms in total. The molecule has 0 radical (unpaired) electrons. The number of benzene rings is 1. The normalized spacial score (nSPS) is 9.33.